The van der Waals surface area contributed by atoms with Gasteiger partial charge in [0.1, 0.15) is 5.75 Å². The molecule has 7 heteroatoms. The van der Waals surface area contributed by atoms with Gasteiger partial charge in [-0.1, -0.05) is 60.3 Å². The highest BCUT2D eigenvalue weighted by atomic mass is 32.2. The van der Waals surface area contributed by atoms with Crippen molar-refractivity contribution >= 4 is 17.7 Å². The molecule has 0 aliphatic carbocycles. The summed E-state index contributed by atoms with van der Waals surface area (Å²) in [6, 6.07) is 27.5. The lowest BCUT2D eigenvalue weighted by atomic mass is 10.2. The number of nitrogens with zero attached hydrogens (tertiary/aromatic N) is 3. The molecule has 1 N–H and O–H groups in total. The maximum absolute atomic E-state index is 12.7. The Bertz CT molecular complexity index is 1160. The van der Waals surface area contributed by atoms with Gasteiger partial charge in [0.25, 0.3) is 0 Å². The summed E-state index contributed by atoms with van der Waals surface area (Å²) in [5.74, 6) is 1.43. The predicted octanol–water partition coefficient (Wildman–Crippen LogP) is 4.74. The first kappa shape index (κ1) is 21.6. The Hall–Kier alpha value is -3.58. The smallest absolute Gasteiger partial charge is 0.233 e. The minimum atomic E-state index is -0.339. The Morgan fingerprint density at radius 3 is 2.28 bits per heavy atom. The largest absolute Gasteiger partial charge is 0.497 e. The molecule has 0 spiro atoms. The van der Waals surface area contributed by atoms with Crippen molar-refractivity contribution in [3.63, 3.8) is 0 Å². The van der Waals surface area contributed by atoms with Crippen molar-refractivity contribution in [2.75, 3.05) is 7.11 Å². The molecule has 0 fully saturated rings. The van der Waals surface area contributed by atoms with Crippen LogP contribution in [0, 0.1) is 0 Å². The lowest BCUT2D eigenvalue weighted by Crippen LogP contribution is -2.30. The summed E-state index contributed by atoms with van der Waals surface area (Å²) in [5.41, 5.74) is 2.91. The van der Waals surface area contributed by atoms with Crippen LogP contribution in [-0.4, -0.2) is 33.0 Å². The molecular formula is C25H24N4O2S. The number of hydrogen-bond acceptors (Lipinski definition) is 5. The maximum atomic E-state index is 12.7. The van der Waals surface area contributed by atoms with E-state index in [-0.39, 0.29) is 11.2 Å². The zero-order valence-corrected chi connectivity index (χ0v) is 18.8. The van der Waals surface area contributed by atoms with E-state index >= 15 is 0 Å². The van der Waals surface area contributed by atoms with Crippen molar-refractivity contribution in [2.45, 2.75) is 23.9 Å². The molecule has 4 rings (SSSR count). The topological polar surface area (TPSA) is 69.0 Å². The van der Waals surface area contributed by atoms with Gasteiger partial charge >= 0.3 is 0 Å². The van der Waals surface area contributed by atoms with E-state index in [4.69, 9.17) is 4.74 Å². The van der Waals surface area contributed by atoms with Gasteiger partial charge in [-0.15, -0.1) is 10.2 Å². The summed E-state index contributed by atoms with van der Waals surface area (Å²) in [6.45, 7) is 2.37. The third kappa shape index (κ3) is 5.00. The number of ether oxygens (including phenoxy) is 1. The maximum Gasteiger partial charge on any atom is 0.233 e. The summed E-state index contributed by atoms with van der Waals surface area (Å²) in [6.07, 6.45) is 0. The van der Waals surface area contributed by atoms with E-state index in [9.17, 15) is 4.79 Å². The monoisotopic (exact) mass is 444 g/mol. The van der Waals surface area contributed by atoms with Gasteiger partial charge in [0.2, 0.25) is 5.91 Å². The van der Waals surface area contributed by atoms with E-state index in [1.807, 2.05) is 96.4 Å². The normalized spacial score (nSPS) is 11.7. The first-order chi connectivity index (χ1) is 15.7. The molecule has 0 saturated carbocycles. The standard InChI is InChI=1S/C25H24N4O2S/c1-18(24(30)26-17-19-9-5-3-6-10-19)32-25-28-27-23(20-13-15-22(31-2)16-14-20)29(25)21-11-7-4-8-12-21/h3-16,18H,17H2,1-2H3,(H,26,30). The van der Waals surface area contributed by atoms with Crippen LogP contribution in [-0.2, 0) is 11.3 Å². The Morgan fingerprint density at radius 2 is 1.62 bits per heavy atom. The number of para-hydroxylation sites is 1. The second-order valence-electron chi connectivity index (χ2n) is 7.17. The molecule has 1 unspecified atom stereocenters. The van der Waals surface area contributed by atoms with Gasteiger partial charge in [-0.3, -0.25) is 9.36 Å². The number of aromatic nitrogens is 3. The molecule has 4 aromatic rings. The second-order valence-corrected chi connectivity index (χ2v) is 8.48. The molecular weight excluding hydrogens is 420 g/mol. The van der Waals surface area contributed by atoms with Crippen LogP contribution >= 0.6 is 11.8 Å². The molecule has 1 amide bonds. The van der Waals surface area contributed by atoms with Crippen molar-refractivity contribution in [3.8, 4) is 22.8 Å². The van der Waals surface area contributed by atoms with E-state index in [1.54, 1.807) is 7.11 Å². The Morgan fingerprint density at radius 1 is 0.969 bits per heavy atom. The number of rotatable bonds is 8. The fraction of sp³-hybridized carbons (Fsp3) is 0.160. The van der Waals surface area contributed by atoms with E-state index < -0.39 is 0 Å². The SMILES string of the molecule is COc1ccc(-c2nnc(SC(C)C(=O)NCc3ccccc3)n2-c2ccccc2)cc1. The Labute approximate surface area is 191 Å². The average Bonchev–Trinajstić information content (AvgIpc) is 3.27. The van der Waals surface area contributed by atoms with Crippen LogP contribution in [0.2, 0.25) is 0 Å². The second kappa shape index (κ2) is 10.2. The zero-order chi connectivity index (χ0) is 22.3. The highest BCUT2D eigenvalue weighted by molar-refractivity contribution is 8.00. The molecule has 0 saturated heterocycles. The van der Waals surface area contributed by atoms with Crippen LogP contribution < -0.4 is 10.1 Å². The first-order valence-electron chi connectivity index (χ1n) is 10.3. The van der Waals surface area contributed by atoms with E-state index in [0.717, 1.165) is 22.6 Å². The fourth-order valence-corrected chi connectivity index (χ4v) is 4.12. The number of thioether (sulfide) groups is 1. The molecule has 1 atom stereocenters. The van der Waals surface area contributed by atoms with Crippen molar-refractivity contribution < 1.29 is 9.53 Å². The quantitative estimate of drug-likeness (QED) is 0.398. The molecule has 0 aliphatic rings. The third-order valence-corrected chi connectivity index (χ3v) is 6.00. The van der Waals surface area contributed by atoms with Gasteiger partial charge in [0.05, 0.1) is 12.4 Å². The van der Waals surface area contributed by atoms with Gasteiger partial charge in [-0.2, -0.15) is 0 Å². The predicted molar refractivity (Wildman–Crippen MR) is 127 cm³/mol. The molecule has 6 nitrogen and oxygen atoms in total. The van der Waals surface area contributed by atoms with Crippen LogP contribution in [0.15, 0.2) is 90.1 Å². The van der Waals surface area contributed by atoms with Crippen LogP contribution in [0.4, 0.5) is 0 Å². The highest BCUT2D eigenvalue weighted by Gasteiger charge is 2.21. The van der Waals surface area contributed by atoms with E-state index in [1.165, 1.54) is 11.8 Å². The molecule has 1 heterocycles. The molecule has 32 heavy (non-hydrogen) atoms. The lowest BCUT2D eigenvalue weighted by molar-refractivity contribution is -0.120. The molecule has 0 bridgehead atoms. The number of methoxy groups -OCH3 is 1. The number of hydrogen-bond donors (Lipinski definition) is 1. The lowest BCUT2D eigenvalue weighted by Gasteiger charge is -2.14. The number of carbonyl (C=O) groups is 1. The number of nitrogens with one attached hydrogen (secondary N) is 1. The zero-order valence-electron chi connectivity index (χ0n) is 17.9. The summed E-state index contributed by atoms with van der Waals surface area (Å²) >= 11 is 1.38. The van der Waals surface area contributed by atoms with E-state index in [2.05, 4.69) is 15.5 Å². The van der Waals surface area contributed by atoms with Gasteiger partial charge in [-0.05, 0) is 48.9 Å². The first-order valence-corrected chi connectivity index (χ1v) is 11.2. The summed E-state index contributed by atoms with van der Waals surface area (Å²) in [5, 5.41) is 12.2. The van der Waals surface area contributed by atoms with E-state index in [0.29, 0.717) is 17.5 Å². The van der Waals surface area contributed by atoms with Crippen molar-refractivity contribution in [2.24, 2.45) is 0 Å². The van der Waals surface area contributed by atoms with Crippen LogP contribution in [0.1, 0.15) is 12.5 Å². The van der Waals surface area contributed by atoms with Crippen LogP contribution in [0.25, 0.3) is 17.1 Å². The minimum absolute atomic E-state index is 0.0486. The summed E-state index contributed by atoms with van der Waals surface area (Å²) in [7, 11) is 1.64. The Balaban J connectivity index is 1.57. The molecule has 3 aromatic carbocycles. The van der Waals surface area contributed by atoms with Gasteiger partial charge in [0.15, 0.2) is 11.0 Å². The number of carbonyl (C=O) groups excluding carboxylic acids is 1. The van der Waals surface area contributed by atoms with Crippen molar-refractivity contribution in [1.29, 1.82) is 0 Å². The third-order valence-electron chi connectivity index (χ3n) is 4.96. The van der Waals surface area contributed by atoms with Crippen molar-refractivity contribution in [3.05, 3.63) is 90.5 Å². The summed E-state index contributed by atoms with van der Waals surface area (Å²) < 4.78 is 7.25. The Kier molecular flexibility index (Phi) is 6.87. The number of benzene rings is 3. The van der Waals surface area contributed by atoms with Crippen molar-refractivity contribution in [1.82, 2.24) is 20.1 Å². The molecule has 1 aromatic heterocycles. The van der Waals surface area contributed by atoms with Crippen LogP contribution in [0.3, 0.4) is 0 Å². The summed E-state index contributed by atoms with van der Waals surface area (Å²) in [4.78, 5) is 12.7. The molecule has 0 radical (unpaired) electrons. The van der Waals surface area contributed by atoms with Gasteiger partial charge in [-0.25, -0.2) is 0 Å². The van der Waals surface area contributed by atoms with Gasteiger partial charge in [0, 0.05) is 17.8 Å². The molecule has 162 valence electrons. The van der Waals surface area contributed by atoms with Gasteiger partial charge < -0.3 is 10.1 Å². The average molecular weight is 445 g/mol. The number of amides is 1. The highest BCUT2D eigenvalue weighted by Crippen LogP contribution is 2.30. The fourth-order valence-electron chi connectivity index (χ4n) is 3.22. The van der Waals surface area contributed by atoms with Crippen LogP contribution in [0.5, 0.6) is 5.75 Å². The minimum Gasteiger partial charge on any atom is -0.497 e. The molecule has 0 aliphatic heterocycles.